The molecule has 1 spiro atoms. The van der Waals surface area contributed by atoms with E-state index < -0.39 is 44.2 Å². The average molecular weight is 602 g/mol. The van der Waals surface area contributed by atoms with Crippen LogP contribution in [0.2, 0.25) is 5.02 Å². The summed E-state index contributed by atoms with van der Waals surface area (Å²) in [5.74, 6) is -2.16. The second-order valence-electron chi connectivity index (χ2n) is 10.4. The summed E-state index contributed by atoms with van der Waals surface area (Å²) in [6, 6.07) is 2.77. The SMILES string of the molecule is COc1cc(OC)c2c(c1Cl)O[C@@]1(C(=O)c3cc4c(=O)n(CC5=CCS(=O)(=O)C5)c(=O)n(C)c4nc3C[C@H]1C)C2=O. The van der Waals surface area contributed by atoms with Gasteiger partial charge in [0.15, 0.2) is 15.6 Å². The molecule has 1 aliphatic carbocycles. The Balaban J connectivity index is 1.51. The molecule has 41 heavy (non-hydrogen) atoms. The number of methoxy groups -OCH3 is 2. The molecule has 0 radical (unpaired) electrons. The van der Waals surface area contributed by atoms with Gasteiger partial charge < -0.3 is 14.2 Å². The summed E-state index contributed by atoms with van der Waals surface area (Å²) in [6.07, 6.45) is 1.61. The van der Waals surface area contributed by atoms with Crippen molar-refractivity contribution in [2.45, 2.75) is 25.5 Å². The van der Waals surface area contributed by atoms with Gasteiger partial charge in [-0.1, -0.05) is 24.6 Å². The van der Waals surface area contributed by atoms with Crippen LogP contribution in [-0.2, 0) is 29.9 Å². The van der Waals surface area contributed by atoms with Crippen LogP contribution >= 0.6 is 11.6 Å². The first-order valence-electron chi connectivity index (χ1n) is 12.6. The van der Waals surface area contributed by atoms with Crippen molar-refractivity contribution in [2.75, 3.05) is 25.7 Å². The molecule has 2 atom stereocenters. The Labute approximate surface area is 238 Å². The van der Waals surface area contributed by atoms with Crippen molar-refractivity contribution in [3.05, 3.63) is 66.5 Å². The highest BCUT2D eigenvalue weighted by Crippen LogP contribution is 2.53. The normalized spacial score (nSPS) is 22.5. The highest BCUT2D eigenvalue weighted by molar-refractivity contribution is 7.92. The van der Waals surface area contributed by atoms with Gasteiger partial charge in [-0.3, -0.25) is 23.5 Å². The lowest BCUT2D eigenvalue weighted by Crippen LogP contribution is -2.57. The summed E-state index contributed by atoms with van der Waals surface area (Å²) in [5.41, 5.74) is -2.59. The maximum Gasteiger partial charge on any atom is 0.332 e. The van der Waals surface area contributed by atoms with Crippen molar-refractivity contribution in [3.63, 3.8) is 0 Å². The summed E-state index contributed by atoms with van der Waals surface area (Å²) < 4.78 is 42.7. The largest absolute Gasteiger partial charge is 0.496 e. The van der Waals surface area contributed by atoms with Gasteiger partial charge in [-0.05, 0) is 18.1 Å². The lowest BCUT2D eigenvalue weighted by Gasteiger charge is -2.36. The number of carbonyl (C=O) groups is 2. The highest BCUT2D eigenvalue weighted by Gasteiger charge is 2.62. The monoisotopic (exact) mass is 601 g/mol. The Morgan fingerprint density at radius 2 is 1.83 bits per heavy atom. The fraction of sp³-hybridized carbons (Fsp3) is 0.370. The first-order valence-corrected chi connectivity index (χ1v) is 14.8. The summed E-state index contributed by atoms with van der Waals surface area (Å²) in [5, 5.41) is -0.0253. The lowest BCUT2D eigenvalue weighted by molar-refractivity contribution is 0.0257. The first-order chi connectivity index (χ1) is 19.3. The Morgan fingerprint density at radius 1 is 1.12 bits per heavy atom. The molecule has 0 fully saturated rings. The first kappa shape index (κ1) is 27.2. The smallest absolute Gasteiger partial charge is 0.332 e. The minimum atomic E-state index is -3.32. The van der Waals surface area contributed by atoms with Crippen LogP contribution in [0.25, 0.3) is 11.0 Å². The standard InChI is InChI=1S/C27H24ClN3O9S/c1-12-7-16-14(22(32)27(12)23(33)19-17(38-3)9-18(39-4)20(28)21(19)40-27)8-15-24(29-16)30(2)26(35)31(25(15)34)10-13-5-6-41(36,37)11-13/h5,8-9,12H,6-7,10-11H2,1-4H3/t12-,27+/m1/s1. The van der Waals surface area contributed by atoms with Crippen LogP contribution in [-0.4, -0.2) is 65.4 Å². The van der Waals surface area contributed by atoms with E-state index in [4.69, 9.17) is 25.8 Å². The van der Waals surface area contributed by atoms with E-state index >= 15 is 0 Å². The highest BCUT2D eigenvalue weighted by atomic mass is 35.5. The zero-order valence-corrected chi connectivity index (χ0v) is 24.0. The van der Waals surface area contributed by atoms with E-state index in [9.17, 15) is 27.6 Å². The second-order valence-corrected chi connectivity index (χ2v) is 12.9. The minimum absolute atomic E-state index is 0.00349. The third-order valence-electron chi connectivity index (χ3n) is 7.98. The molecule has 3 aliphatic rings. The fourth-order valence-corrected chi connectivity index (χ4v) is 7.49. The van der Waals surface area contributed by atoms with Gasteiger partial charge in [0.2, 0.25) is 17.2 Å². The number of ketones is 2. The molecule has 6 rings (SSSR count). The molecular formula is C27H24ClN3O9S. The molecule has 14 heteroatoms. The third-order valence-corrected chi connectivity index (χ3v) is 9.82. The Kier molecular flexibility index (Phi) is 5.98. The van der Waals surface area contributed by atoms with Crippen molar-refractivity contribution >= 4 is 44.0 Å². The molecule has 12 nitrogen and oxygen atoms in total. The van der Waals surface area contributed by atoms with Crippen molar-refractivity contribution in [2.24, 2.45) is 13.0 Å². The van der Waals surface area contributed by atoms with Gasteiger partial charge in [-0.15, -0.1) is 0 Å². The van der Waals surface area contributed by atoms with Gasteiger partial charge in [0.25, 0.3) is 5.56 Å². The van der Waals surface area contributed by atoms with E-state index in [2.05, 4.69) is 4.98 Å². The minimum Gasteiger partial charge on any atom is -0.496 e. The van der Waals surface area contributed by atoms with Gasteiger partial charge in [-0.2, -0.15) is 0 Å². The molecular weight excluding hydrogens is 578 g/mol. The van der Waals surface area contributed by atoms with Crippen LogP contribution < -0.4 is 25.5 Å². The zero-order valence-electron chi connectivity index (χ0n) is 22.4. The van der Waals surface area contributed by atoms with Crippen LogP contribution in [0.5, 0.6) is 17.2 Å². The molecule has 3 aromatic rings. The second kappa shape index (κ2) is 9.02. The molecule has 1 aromatic carbocycles. The van der Waals surface area contributed by atoms with Crippen LogP contribution in [0.3, 0.4) is 0 Å². The van der Waals surface area contributed by atoms with E-state index in [0.717, 1.165) is 4.57 Å². The van der Waals surface area contributed by atoms with Crippen molar-refractivity contribution in [1.82, 2.24) is 14.1 Å². The zero-order chi connectivity index (χ0) is 29.6. The number of hydrogen-bond donors (Lipinski definition) is 0. The molecule has 0 bridgehead atoms. The van der Waals surface area contributed by atoms with Crippen LogP contribution in [0.4, 0.5) is 0 Å². The Morgan fingerprint density at radius 3 is 2.46 bits per heavy atom. The molecule has 0 amide bonds. The van der Waals surface area contributed by atoms with E-state index in [1.54, 1.807) is 6.92 Å². The van der Waals surface area contributed by atoms with Crippen molar-refractivity contribution < 1.29 is 32.2 Å². The van der Waals surface area contributed by atoms with Gasteiger partial charge >= 0.3 is 5.69 Å². The number of fused-ring (bicyclic) bond motifs is 3. The number of aryl methyl sites for hydroxylation is 1. The van der Waals surface area contributed by atoms with Crippen LogP contribution in [0.15, 0.2) is 33.4 Å². The molecule has 0 unspecified atom stereocenters. The number of sulfone groups is 1. The summed E-state index contributed by atoms with van der Waals surface area (Å²) in [7, 11) is 0.882. The molecule has 2 aliphatic heterocycles. The number of pyridine rings is 1. The number of hydrogen-bond acceptors (Lipinski definition) is 10. The quantitative estimate of drug-likeness (QED) is 0.318. The predicted molar refractivity (Wildman–Crippen MR) is 147 cm³/mol. The van der Waals surface area contributed by atoms with E-state index in [1.165, 1.54) is 44.0 Å². The number of aromatic nitrogens is 3. The van der Waals surface area contributed by atoms with Gasteiger partial charge in [-0.25, -0.2) is 18.2 Å². The maximum atomic E-state index is 14.2. The van der Waals surface area contributed by atoms with Gasteiger partial charge in [0, 0.05) is 24.6 Å². The van der Waals surface area contributed by atoms with E-state index in [-0.39, 0.29) is 68.9 Å². The number of ether oxygens (including phenoxy) is 3. The molecule has 0 saturated heterocycles. The third kappa shape index (κ3) is 3.71. The molecule has 214 valence electrons. The summed E-state index contributed by atoms with van der Waals surface area (Å²) in [6.45, 7) is 1.46. The molecule has 0 N–H and O–H groups in total. The molecule has 2 aromatic heterocycles. The maximum absolute atomic E-state index is 14.2. The molecule has 0 saturated carbocycles. The van der Waals surface area contributed by atoms with E-state index in [1.807, 2.05) is 0 Å². The Hall–Kier alpha value is -3.97. The number of carbonyl (C=O) groups excluding carboxylic acids is 2. The summed E-state index contributed by atoms with van der Waals surface area (Å²) >= 11 is 6.48. The average Bonchev–Trinajstić information content (AvgIpc) is 3.45. The lowest BCUT2D eigenvalue weighted by atomic mass is 9.71. The number of rotatable bonds is 4. The van der Waals surface area contributed by atoms with Crippen LogP contribution in [0, 0.1) is 5.92 Å². The number of Topliss-reactive ketones (excluding diaryl/α,β-unsaturated/α-hetero) is 2. The van der Waals surface area contributed by atoms with Crippen LogP contribution in [0.1, 0.15) is 33.3 Å². The molecule has 4 heterocycles. The van der Waals surface area contributed by atoms with Crippen molar-refractivity contribution in [1.29, 1.82) is 0 Å². The number of nitrogens with zero attached hydrogens (tertiary/aromatic N) is 3. The van der Waals surface area contributed by atoms with E-state index in [0.29, 0.717) is 11.3 Å². The Bertz CT molecular complexity index is 1990. The summed E-state index contributed by atoms with van der Waals surface area (Å²) in [4.78, 5) is 59.3. The van der Waals surface area contributed by atoms with Gasteiger partial charge in [0.1, 0.15) is 27.7 Å². The van der Waals surface area contributed by atoms with Crippen molar-refractivity contribution in [3.8, 4) is 17.2 Å². The topological polar surface area (TPSA) is 153 Å². The fourth-order valence-electron chi connectivity index (χ4n) is 5.84. The van der Waals surface area contributed by atoms with Gasteiger partial charge in [0.05, 0.1) is 43.4 Å². The number of halogens is 1. The predicted octanol–water partition coefficient (Wildman–Crippen LogP) is 1.51. The number of benzene rings is 1.